The summed E-state index contributed by atoms with van der Waals surface area (Å²) < 4.78 is 16.6. The van der Waals surface area contributed by atoms with Crippen molar-refractivity contribution in [1.82, 2.24) is 14.9 Å². The Morgan fingerprint density at radius 3 is 2.76 bits per heavy atom. The number of hydrogen-bond donors (Lipinski definition) is 2. The molecular weight excluding hydrogens is 506 g/mol. The monoisotopic (exact) mass is 539 g/mol. The van der Waals surface area contributed by atoms with E-state index in [1.54, 1.807) is 20.3 Å². The lowest BCUT2D eigenvalue weighted by Gasteiger charge is -2.20. The topological polar surface area (TPSA) is 97.8 Å². The number of rotatable bonds is 12. The SMILES string of the molecule is C=CC(=O)C[C@H]1COC[C@H]1Nc1cc2c(NCCN(C)C)nc(-c3cc(OC)cc(OC)c3Cl)cc2cn1. The van der Waals surface area contributed by atoms with Gasteiger partial charge in [-0.1, -0.05) is 18.2 Å². The highest BCUT2D eigenvalue weighted by Crippen LogP contribution is 2.40. The molecule has 0 spiro atoms. The van der Waals surface area contributed by atoms with E-state index >= 15 is 0 Å². The lowest BCUT2D eigenvalue weighted by atomic mass is 9.97. The van der Waals surface area contributed by atoms with Gasteiger partial charge < -0.3 is 29.7 Å². The van der Waals surface area contributed by atoms with Gasteiger partial charge >= 0.3 is 0 Å². The summed E-state index contributed by atoms with van der Waals surface area (Å²) in [5.41, 5.74) is 1.36. The van der Waals surface area contributed by atoms with Crippen molar-refractivity contribution in [3.8, 4) is 22.8 Å². The first-order chi connectivity index (χ1) is 18.3. The predicted octanol–water partition coefficient (Wildman–Crippen LogP) is 4.51. The van der Waals surface area contributed by atoms with E-state index in [9.17, 15) is 4.79 Å². The smallest absolute Gasteiger partial charge is 0.155 e. The van der Waals surface area contributed by atoms with E-state index in [1.807, 2.05) is 38.5 Å². The van der Waals surface area contributed by atoms with Crippen molar-refractivity contribution in [2.45, 2.75) is 12.5 Å². The van der Waals surface area contributed by atoms with Gasteiger partial charge in [0.1, 0.15) is 23.1 Å². The molecule has 0 amide bonds. The van der Waals surface area contributed by atoms with Crippen molar-refractivity contribution in [3.05, 3.63) is 48.1 Å². The Morgan fingerprint density at radius 2 is 2.05 bits per heavy atom. The largest absolute Gasteiger partial charge is 0.497 e. The fourth-order valence-electron chi connectivity index (χ4n) is 4.41. The summed E-state index contributed by atoms with van der Waals surface area (Å²) in [6.07, 6.45) is 3.56. The van der Waals surface area contributed by atoms with Gasteiger partial charge in [0.15, 0.2) is 5.78 Å². The number of allylic oxidation sites excluding steroid dienone is 1. The lowest BCUT2D eigenvalue weighted by molar-refractivity contribution is -0.115. The Hall–Kier alpha value is -3.40. The molecule has 0 unspecified atom stereocenters. The first-order valence-corrected chi connectivity index (χ1v) is 12.8. The zero-order chi connectivity index (χ0) is 27.2. The lowest BCUT2D eigenvalue weighted by Crippen LogP contribution is -2.29. The van der Waals surface area contributed by atoms with Crippen LogP contribution in [-0.2, 0) is 9.53 Å². The Kier molecular flexibility index (Phi) is 9.04. The number of pyridine rings is 2. The van der Waals surface area contributed by atoms with Crippen LogP contribution in [0.2, 0.25) is 5.02 Å². The van der Waals surface area contributed by atoms with Gasteiger partial charge in [0.05, 0.1) is 44.2 Å². The molecule has 2 atom stereocenters. The number of carbonyl (C=O) groups is 1. The Bertz CT molecular complexity index is 1320. The summed E-state index contributed by atoms with van der Waals surface area (Å²) in [6.45, 7) is 6.14. The maximum absolute atomic E-state index is 11.9. The van der Waals surface area contributed by atoms with Crippen LogP contribution in [0, 0.1) is 5.92 Å². The molecule has 1 fully saturated rings. The standard InChI is InChI=1S/C28H34ClN5O4/c1-6-19(35)9-18-15-38-16-24(18)32-26-13-21-17(14-31-26)10-23(33-28(21)30-7-8-34(2)3)22-11-20(36-4)12-25(37-5)27(22)29/h6,10-14,18,24H,1,7-9,15-16H2,2-5H3,(H,30,33)(H,31,32)/t18-,24+/m0/s1. The number of halogens is 1. The van der Waals surface area contributed by atoms with Crippen LogP contribution in [0.3, 0.4) is 0 Å². The number of ether oxygens (including phenoxy) is 3. The minimum atomic E-state index is -0.0238. The van der Waals surface area contributed by atoms with Crippen molar-refractivity contribution >= 4 is 39.8 Å². The van der Waals surface area contributed by atoms with Crippen molar-refractivity contribution in [2.75, 3.05) is 65.3 Å². The van der Waals surface area contributed by atoms with E-state index in [0.717, 1.165) is 17.3 Å². The molecule has 0 bridgehead atoms. The second-order valence-electron chi connectivity index (χ2n) is 9.49. The van der Waals surface area contributed by atoms with Crippen LogP contribution in [0.25, 0.3) is 22.0 Å². The second-order valence-corrected chi connectivity index (χ2v) is 9.87. The van der Waals surface area contributed by atoms with Crippen LogP contribution in [-0.4, -0.2) is 81.3 Å². The number of methoxy groups -OCH3 is 2. The summed E-state index contributed by atoms with van der Waals surface area (Å²) in [7, 11) is 7.21. The number of fused-ring (bicyclic) bond motifs is 1. The number of carbonyl (C=O) groups excluding carboxylic acids is 1. The molecule has 4 rings (SSSR count). The molecule has 2 aromatic heterocycles. The number of hydrogen-bond acceptors (Lipinski definition) is 9. The summed E-state index contributed by atoms with van der Waals surface area (Å²) in [5.74, 6) is 2.59. The van der Waals surface area contributed by atoms with Gasteiger partial charge in [0, 0.05) is 54.0 Å². The van der Waals surface area contributed by atoms with Gasteiger partial charge in [-0.15, -0.1) is 0 Å². The highest BCUT2D eigenvalue weighted by Gasteiger charge is 2.30. The van der Waals surface area contributed by atoms with E-state index in [0.29, 0.717) is 65.6 Å². The van der Waals surface area contributed by atoms with Crippen molar-refractivity contribution in [1.29, 1.82) is 0 Å². The minimum Gasteiger partial charge on any atom is -0.497 e. The molecule has 0 radical (unpaired) electrons. The fourth-order valence-corrected chi connectivity index (χ4v) is 4.70. The second kappa shape index (κ2) is 12.4. The van der Waals surface area contributed by atoms with Crippen molar-refractivity contribution < 1.29 is 19.0 Å². The number of ketones is 1. The number of aromatic nitrogens is 2. The molecular formula is C28H34ClN5O4. The molecule has 10 heteroatoms. The average Bonchev–Trinajstić information content (AvgIpc) is 3.34. The van der Waals surface area contributed by atoms with Gasteiger partial charge in [0.25, 0.3) is 0 Å². The molecule has 38 heavy (non-hydrogen) atoms. The highest BCUT2D eigenvalue weighted by atomic mass is 35.5. The third kappa shape index (κ3) is 6.35. The Balaban J connectivity index is 1.72. The van der Waals surface area contributed by atoms with E-state index in [-0.39, 0.29) is 17.7 Å². The predicted molar refractivity (Wildman–Crippen MR) is 152 cm³/mol. The van der Waals surface area contributed by atoms with Crippen LogP contribution in [0.4, 0.5) is 11.6 Å². The van der Waals surface area contributed by atoms with Crippen LogP contribution >= 0.6 is 11.6 Å². The highest BCUT2D eigenvalue weighted by molar-refractivity contribution is 6.35. The molecule has 1 aliphatic rings. The molecule has 0 aliphatic carbocycles. The number of benzene rings is 1. The zero-order valence-corrected chi connectivity index (χ0v) is 23.0. The van der Waals surface area contributed by atoms with Gasteiger partial charge in [-0.05, 0) is 38.4 Å². The molecule has 0 saturated carbocycles. The van der Waals surface area contributed by atoms with Gasteiger partial charge in [-0.25, -0.2) is 9.97 Å². The van der Waals surface area contributed by atoms with Gasteiger partial charge in [0.2, 0.25) is 0 Å². The molecule has 1 aliphatic heterocycles. The van der Waals surface area contributed by atoms with E-state index < -0.39 is 0 Å². The van der Waals surface area contributed by atoms with Gasteiger partial charge in [-0.2, -0.15) is 0 Å². The summed E-state index contributed by atoms with van der Waals surface area (Å²) in [5, 5.41) is 9.19. The molecule has 3 heterocycles. The maximum Gasteiger partial charge on any atom is 0.155 e. The molecule has 9 nitrogen and oxygen atoms in total. The van der Waals surface area contributed by atoms with E-state index in [1.165, 1.54) is 6.08 Å². The normalized spacial score (nSPS) is 17.0. The summed E-state index contributed by atoms with van der Waals surface area (Å²) in [4.78, 5) is 23.6. The number of nitrogens with one attached hydrogen (secondary N) is 2. The van der Waals surface area contributed by atoms with Crippen LogP contribution < -0.4 is 20.1 Å². The molecule has 3 aromatic rings. The van der Waals surface area contributed by atoms with E-state index in [4.69, 9.17) is 30.8 Å². The molecule has 1 aromatic carbocycles. The third-order valence-corrected chi connectivity index (χ3v) is 6.92. The van der Waals surface area contributed by atoms with E-state index in [2.05, 4.69) is 27.1 Å². The zero-order valence-electron chi connectivity index (χ0n) is 22.2. The average molecular weight is 540 g/mol. The Labute approximate surface area is 228 Å². The van der Waals surface area contributed by atoms with Crippen molar-refractivity contribution in [3.63, 3.8) is 0 Å². The van der Waals surface area contributed by atoms with Crippen molar-refractivity contribution in [2.24, 2.45) is 5.92 Å². The summed E-state index contributed by atoms with van der Waals surface area (Å²) >= 11 is 6.69. The molecule has 202 valence electrons. The number of likely N-dealkylation sites (N-methyl/N-ethyl adjacent to an activating group) is 1. The summed E-state index contributed by atoms with van der Waals surface area (Å²) in [6, 6.07) is 7.49. The minimum absolute atomic E-state index is 0.00992. The van der Waals surface area contributed by atoms with Crippen LogP contribution in [0.1, 0.15) is 6.42 Å². The molecule has 1 saturated heterocycles. The first-order valence-electron chi connectivity index (χ1n) is 12.4. The number of anilines is 2. The first kappa shape index (κ1) is 27.6. The Morgan fingerprint density at radius 1 is 1.24 bits per heavy atom. The third-order valence-electron chi connectivity index (χ3n) is 6.53. The molecule has 2 N–H and O–H groups in total. The van der Waals surface area contributed by atoms with Crippen LogP contribution in [0.15, 0.2) is 43.1 Å². The fraction of sp³-hybridized carbons (Fsp3) is 0.393. The van der Waals surface area contributed by atoms with Crippen LogP contribution in [0.5, 0.6) is 11.5 Å². The maximum atomic E-state index is 11.9. The quantitative estimate of drug-likeness (QED) is 0.322. The van der Waals surface area contributed by atoms with Gasteiger partial charge in [-0.3, -0.25) is 4.79 Å². The number of nitrogens with zero attached hydrogens (tertiary/aromatic N) is 3.